The Bertz CT molecular complexity index is 301. The van der Waals surface area contributed by atoms with E-state index in [1.54, 1.807) is 0 Å². The fourth-order valence-electron chi connectivity index (χ4n) is 0.714. The monoisotopic (exact) mass is 258 g/mol. The van der Waals surface area contributed by atoms with Crippen LogP contribution in [0.25, 0.3) is 0 Å². The summed E-state index contributed by atoms with van der Waals surface area (Å²) < 4.78 is 40.8. The van der Waals surface area contributed by atoms with Gasteiger partial charge in [-0.3, -0.25) is 0 Å². The fourth-order valence-corrected chi connectivity index (χ4v) is 1.24. The second-order valence-corrected chi connectivity index (χ2v) is 2.99. The summed E-state index contributed by atoms with van der Waals surface area (Å²) in [6.45, 7) is -5.23. The van der Waals surface area contributed by atoms with E-state index in [0.29, 0.717) is 0 Å². The van der Waals surface area contributed by atoms with Crippen LogP contribution in [0.1, 0.15) is 0 Å². The van der Waals surface area contributed by atoms with Gasteiger partial charge in [0.2, 0.25) is 0 Å². The predicted octanol–water partition coefficient (Wildman–Crippen LogP) is 0.699. The Morgan fingerprint density at radius 3 is 2.46 bits per heavy atom. The zero-order valence-corrected chi connectivity index (χ0v) is 8.13. The molecule has 1 rings (SSSR count). The zero-order valence-electron chi connectivity index (χ0n) is 6.55. The molecule has 0 atom stereocenters. The number of nitrogens with zero attached hydrogens (tertiary/aromatic N) is 3. The van der Waals surface area contributed by atoms with Crippen molar-refractivity contribution in [2.75, 3.05) is 7.11 Å². The van der Waals surface area contributed by atoms with Gasteiger partial charge in [-0.15, -0.1) is 5.10 Å². The number of methoxy groups -OCH3 is 1. The zero-order chi connectivity index (χ0) is 10.1. The third-order valence-electron chi connectivity index (χ3n) is 1.19. The molecule has 9 heteroatoms. The van der Waals surface area contributed by atoms with Crippen LogP contribution in [0, 0.1) is 0 Å². The Hall–Kier alpha value is -0.565. The van der Waals surface area contributed by atoms with E-state index < -0.39 is 12.6 Å². The standard InChI is InChI=1S/C4H5BBrF3N3O/c1-13-2-12-10-3(4(6)11-12)5(7,8)9/h2H2,1H3/q-1. The predicted molar refractivity (Wildman–Crippen MR) is 43.4 cm³/mol. The highest BCUT2D eigenvalue weighted by Gasteiger charge is 2.32. The first-order chi connectivity index (χ1) is 5.95. The maximum absolute atomic E-state index is 12.2. The number of rotatable bonds is 3. The summed E-state index contributed by atoms with van der Waals surface area (Å²) in [5.74, 6) is 0. The first-order valence-corrected chi connectivity index (χ1v) is 4.04. The number of aromatic nitrogens is 3. The molecule has 0 fully saturated rings. The average Bonchev–Trinajstić information content (AvgIpc) is 2.30. The van der Waals surface area contributed by atoms with Gasteiger partial charge in [0, 0.05) is 12.7 Å². The summed E-state index contributed by atoms with van der Waals surface area (Å²) in [6.07, 6.45) is 0. The van der Waals surface area contributed by atoms with Gasteiger partial charge in [-0.25, -0.2) is 0 Å². The molecule has 4 nitrogen and oxygen atoms in total. The van der Waals surface area contributed by atoms with E-state index in [0.717, 1.165) is 4.80 Å². The third kappa shape index (κ3) is 2.44. The molecule has 1 heterocycles. The molecule has 0 aliphatic heterocycles. The van der Waals surface area contributed by atoms with Crippen molar-refractivity contribution in [3.8, 4) is 0 Å². The lowest BCUT2D eigenvalue weighted by Crippen LogP contribution is -2.36. The van der Waals surface area contributed by atoms with Crippen molar-refractivity contribution in [1.29, 1.82) is 0 Å². The van der Waals surface area contributed by atoms with Crippen LogP contribution in [0.4, 0.5) is 12.9 Å². The molecule has 0 unspecified atom stereocenters. The van der Waals surface area contributed by atoms with E-state index in [-0.39, 0.29) is 11.3 Å². The molecule has 0 spiro atoms. The molecule has 0 aromatic carbocycles. The summed E-state index contributed by atoms with van der Waals surface area (Å²) in [4.78, 5) is 0.828. The highest BCUT2D eigenvalue weighted by molar-refractivity contribution is 9.10. The SMILES string of the molecule is COCn1nc(Br)c([B-](F)(F)F)n1. The lowest BCUT2D eigenvalue weighted by molar-refractivity contribution is 0.108. The maximum atomic E-state index is 12.2. The van der Waals surface area contributed by atoms with Crippen LogP contribution in [0.5, 0.6) is 0 Å². The normalized spacial score (nSPS) is 12.1. The molecular weight excluding hydrogens is 254 g/mol. The van der Waals surface area contributed by atoms with Crippen LogP contribution in [-0.4, -0.2) is 29.1 Å². The van der Waals surface area contributed by atoms with E-state index in [4.69, 9.17) is 0 Å². The van der Waals surface area contributed by atoms with Crippen molar-refractivity contribution in [3.05, 3.63) is 4.60 Å². The van der Waals surface area contributed by atoms with Gasteiger partial charge >= 0.3 is 6.98 Å². The summed E-state index contributed by atoms with van der Waals surface area (Å²) in [6, 6.07) is 0. The highest BCUT2D eigenvalue weighted by Crippen LogP contribution is 2.12. The molecule has 0 radical (unpaired) electrons. The van der Waals surface area contributed by atoms with Gasteiger partial charge < -0.3 is 17.7 Å². The van der Waals surface area contributed by atoms with Crippen LogP contribution in [0.3, 0.4) is 0 Å². The van der Waals surface area contributed by atoms with Crippen molar-refractivity contribution < 1.29 is 17.7 Å². The molecule has 74 valence electrons. The third-order valence-corrected chi connectivity index (χ3v) is 1.76. The lowest BCUT2D eigenvalue weighted by Gasteiger charge is -2.09. The van der Waals surface area contributed by atoms with E-state index in [1.165, 1.54) is 7.11 Å². The smallest absolute Gasteiger partial charge is 0.444 e. The molecule has 0 saturated heterocycles. The second-order valence-electron chi connectivity index (χ2n) is 2.24. The van der Waals surface area contributed by atoms with Crippen LogP contribution in [0.15, 0.2) is 4.60 Å². The van der Waals surface area contributed by atoms with E-state index in [9.17, 15) is 12.9 Å². The van der Waals surface area contributed by atoms with E-state index >= 15 is 0 Å². The Labute approximate surface area is 80.2 Å². The first kappa shape index (κ1) is 10.5. The minimum absolute atomic E-state index is 0.106. The molecule has 0 aliphatic carbocycles. The summed E-state index contributed by atoms with van der Waals surface area (Å²) in [5, 5.41) is 6.67. The topological polar surface area (TPSA) is 39.9 Å². The average molecular weight is 259 g/mol. The van der Waals surface area contributed by atoms with Gasteiger partial charge in [0.25, 0.3) is 0 Å². The number of hydrogen-bond acceptors (Lipinski definition) is 3. The van der Waals surface area contributed by atoms with E-state index in [1.807, 2.05) is 0 Å². The lowest BCUT2D eigenvalue weighted by atomic mass is 9.87. The van der Waals surface area contributed by atoms with Crippen LogP contribution in [-0.2, 0) is 11.5 Å². The summed E-state index contributed by atoms with van der Waals surface area (Å²) in [7, 11) is 1.34. The minimum atomic E-state index is -5.12. The largest absolute Gasteiger partial charge is 0.532 e. The van der Waals surface area contributed by atoms with Gasteiger partial charge in [0.1, 0.15) is 4.60 Å². The molecule has 0 N–H and O–H groups in total. The molecule has 0 amide bonds. The van der Waals surface area contributed by atoms with Gasteiger partial charge in [-0.1, -0.05) is 0 Å². The molecule has 1 aromatic heterocycles. The van der Waals surface area contributed by atoms with Crippen LogP contribution >= 0.6 is 15.9 Å². The molecule has 0 aliphatic rings. The van der Waals surface area contributed by atoms with Gasteiger partial charge in [0.15, 0.2) is 6.73 Å². The Morgan fingerprint density at radius 1 is 1.46 bits per heavy atom. The second kappa shape index (κ2) is 3.66. The number of halogens is 4. The highest BCUT2D eigenvalue weighted by atomic mass is 79.9. The number of ether oxygens (including phenoxy) is 1. The van der Waals surface area contributed by atoms with Gasteiger partial charge in [-0.2, -0.15) is 9.90 Å². The fraction of sp³-hybridized carbons (Fsp3) is 0.500. The number of hydrogen-bond donors (Lipinski definition) is 0. The Kier molecular flexibility index (Phi) is 2.96. The summed E-state index contributed by atoms with van der Waals surface area (Å²) >= 11 is 2.67. The van der Waals surface area contributed by atoms with Crippen molar-refractivity contribution in [2.24, 2.45) is 0 Å². The summed E-state index contributed by atoms with van der Waals surface area (Å²) in [5.41, 5.74) is -0.989. The maximum Gasteiger partial charge on any atom is 0.532 e. The first-order valence-electron chi connectivity index (χ1n) is 3.24. The van der Waals surface area contributed by atoms with Crippen LogP contribution < -0.4 is 5.59 Å². The van der Waals surface area contributed by atoms with Gasteiger partial charge in [-0.05, 0) is 15.9 Å². The Balaban J connectivity index is 2.96. The van der Waals surface area contributed by atoms with E-state index in [2.05, 4.69) is 30.9 Å². The van der Waals surface area contributed by atoms with Crippen molar-refractivity contribution in [1.82, 2.24) is 15.0 Å². The quantitative estimate of drug-likeness (QED) is 0.750. The molecule has 13 heavy (non-hydrogen) atoms. The Morgan fingerprint density at radius 2 is 2.08 bits per heavy atom. The molecule has 0 bridgehead atoms. The van der Waals surface area contributed by atoms with Gasteiger partial charge in [0.05, 0.1) is 0 Å². The van der Waals surface area contributed by atoms with Crippen molar-refractivity contribution in [2.45, 2.75) is 6.73 Å². The van der Waals surface area contributed by atoms with Crippen LogP contribution in [0.2, 0.25) is 0 Å². The minimum Gasteiger partial charge on any atom is -0.444 e. The molecule has 1 aromatic rings. The molecular formula is C4H5BBrF3N3O-. The van der Waals surface area contributed by atoms with Crippen molar-refractivity contribution in [3.63, 3.8) is 0 Å². The molecule has 0 saturated carbocycles. The van der Waals surface area contributed by atoms with Crippen molar-refractivity contribution >= 4 is 28.5 Å².